The Labute approximate surface area is 167 Å². The third-order valence-corrected chi connectivity index (χ3v) is 4.42. The summed E-state index contributed by atoms with van der Waals surface area (Å²) in [6.45, 7) is -0.523. The molecule has 0 N–H and O–H groups in total. The number of benzene rings is 1. The van der Waals surface area contributed by atoms with Crippen molar-refractivity contribution in [2.75, 3.05) is 41.5 Å². The molecule has 1 fully saturated rings. The van der Waals surface area contributed by atoms with Gasteiger partial charge in [0.2, 0.25) is 0 Å². The molecule has 0 unspecified atom stereocenters. The molecule has 1 amide bonds. The molecular formula is C18H20N2O7S. The van der Waals surface area contributed by atoms with Gasteiger partial charge in [-0.3, -0.25) is 14.5 Å². The third kappa shape index (κ3) is 4.58. The fraction of sp³-hybridized carbons (Fsp3) is 0.333. The minimum Gasteiger partial charge on any atom is -0.493 e. The van der Waals surface area contributed by atoms with Crippen molar-refractivity contribution in [3.63, 3.8) is 0 Å². The molecule has 1 saturated heterocycles. The van der Waals surface area contributed by atoms with E-state index in [0.29, 0.717) is 22.8 Å². The van der Waals surface area contributed by atoms with E-state index in [4.69, 9.17) is 21.7 Å². The van der Waals surface area contributed by atoms with Crippen LogP contribution in [0.15, 0.2) is 23.9 Å². The first-order valence-corrected chi connectivity index (χ1v) is 8.49. The van der Waals surface area contributed by atoms with Gasteiger partial charge in [0.1, 0.15) is 12.2 Å². The van der Waals surface area contributed by atoms with Crippen molar-refractivity contribution >= 4 is 41.3 Å². The zero-order valence-corrected chi connectivity index (χ0v) is 16.7. The molecule has 10 heteroatoms. The predicted octanol–water partition coefficient (Wildman–Crippen LogP) is 0.820. The van der Waals surface area contributed by atoms with Gasteiger partial charge < -0.3 is 23.8 Å². The number of carbonyl (C=O) groups excluding carboxylic acids is 3. The summed E-state index contributed by atoms with van der Waals surface area (Å²) in [5.41, 5.74) is 0.930. The number of carbonyl (C=O) groups is 3. The van der Waals surface area contributed by atoms with E-state index >= 15 is 0 Å². The highest BCUT2D eigenvalue weighted by Gasteiger charge is 2.37. The summed E-state index contributed by atoms with van der Waals surface area (Å²) in [5, 5.41) is 0.201. The molecule has 0 saturated carbocycles. The number of rotatable bonds is 7. The Balaban J connectivity index is 2.26. The van der Waals surface area contributed by atoms with E-state index < -0.39 is 17.8 Å². The lowest BCUT2D eigenvalue weighted by atomic mass is 10.1. The highest BCUT2D eigenvalue weighted by Crippen LogP contribution is 2.30. The topological polar surface area (TPSA) is 94.6 Å². The Hall–Kier alpha value is -3.14. The van der Waals surface area contributed by atoms with Crippen LogP contribution in [0.2, 0.25) is 0 Å². The smallest absolute Gasteiger partial charge is 0.343 e. The van der Waals surface area contributed by atoms with Gasteiger partial charge in [0.05, 0.1) is 21.3 Å². The molecule has 2 rings (SSSR count). The Bertz CT molecular complexity index is 837. The van der Waals surface area contributed by atoms with Crippen LogP contribution in [0.4, 0.5) is 0 Å². The maximum Gasteiger partial charge on any atom is 0.343 e. The molecule has 0 radical (unpaired) electrons. The van der Waals surface area contributed by atoms with Crippen molar-refractivity contribution in [3.05, 3.63) is 29.5 Å². The molecule has 28 heavy (non-hydrogen) atoms. The maximum absolute atomic E-state index is 12.6. The van der Waals surface area contributed by atoms with Gasteiger partial charge in [0.15, 0.2) is 23.2 Å². The lowest BCUT2D eigenvalue weighted by Crippen LogP contribution is -2.36. The number of thiocarbonyl (C=S) groups is 1. The second-order valence-electron chi connectivity index (χ2n) is 5.61. The van der Waals surface area contributed by atoms with Crippen molar-refractivity contribution in [2.45, 2.75) is 0 Å². The average molecular weight is 408 g/mol. The highest BCUT2D eigenvalue weighted by atomic mass is 32.1. The highest BCUT2D eigenvalue weighted by molar-refractivity contribution is 7.80. The molecule has 1 aliphatic rings. The number of hydrogen-bond acceptors (Lipinski definition) is 8. The van der Waals surface area contributed by atoms with Crippen LogP contribution >= 0.6 is 12.2 Å². The van der Waals surface area contributed by atoms with Gasteiger partial charge in [-0.2, -0.15) is 0 Å². The fourth-order valence-corrected chi connectivity index (χ4v) is 2.64. The van der Waals surface area contributed by atoms with E-state index in [-0.39, 0.29) is 18.3 Å². The van der Waals surface area contributed by atoms with E-state index in [2.05, 4.69) is 9.47 Å². The number of methoxy groups -OCH3 is 3. The summed E-state index contributed by atoms with van der Waals surface area (Å²) in [6.07, 6.45) is 1.61. The average Bonchev–Trinajstić information content (AvgIpc) is 2.90. The Morgan fingerprint density at radius 1 is 1.11 bits per heavy atom. The zero-order valence-electron chi connectivity index (χ0n) is 15.9. The minimum absolute atomic E-state index is 0.201. The standard InChI is InChI=1S/C18H20N2O7S/c1-19-12(17(23)20(18(19)28)9-15(21)25-3)7-11-5-6-13(14(8-11)24-2)27-10-16(22)26-4/h5-8H,9-10H2,1-4H3/b12-7-. The van der Waals surface area contributed by atoms with E-state index in [1.54, 1.807) is 31.3 Å². The Morgan fingerprint density at radius 3 is 2.39 bits per heavy atom. The fourth-order valence-electron chi connectivity index (χ4n) is 2.39. The van der Waals surface area contributed by atoms with Crippen LogP contribution in [0.1, 0.15) is 5.56 Å². The first-order chi connectivity index (χ1) is 13.3. The molecule has 0 atom stereocenters. The minimum atomic E-state index is -0.570. The summed E-state index contributed by atoms with van der Waals surface area (Å²) >= 11 is 5.23. The number of amides is 1. The van der Waals surface area contributed by atoms with Crippen molar-refractivity contribution in [1.82, 2.24) is 9.80 Å². The van der Waals surface area contributed by atoms with E-state index in [0.717, 1.165) is 4.90 Å². The van der Waals surface area contributed by atoms with Crippen LogP contribution in [0.5, 0.6) is 11.5 Å². The van der Waals surface area contributed by atoms with Gasteiger partial charge in [-0.05, 0) is 36.0 Å². The summed E-state index contributed by atoms with van der Waals surface area (Å²) in [6, 6.07) is 4.94. The van der Waals surface area contributed by atoms with Crippen LogP contribution in [0.3, 0.4) is 0 Å². The largest absolute Gasteiger partial charge is 0.493 e. The molecule has 0 aliphatic carbocycles. The molecule has 0 aromatic heterocycles. The Morgan fingerprint density at radius 2 is 1.79 bits per heavy atom. The molecule has 1 heterocycles. The monoisotopic (exact) mass is 408 g/mol. The summed E-state index contributed by atoms with van der Waals surface area (Å²) < 4.78 is 19.8. The third-order valence-electron chi connectivity index (χ3n) is 3.92. The van der Waals surface area contributed by atoms with E-state index in [9.17, 15) is 14.4 Å². The Kier molecular flexibility index (Phi) is 6.94. The second kappa shape index (κ2) is 9.18. The molecule has 1 aliphatic heterocycles. The van der Waals surface area contributed by atoms with Crippen LogP contribution in [0, 0.1) is 0 Å². The van der Waals surface area contributed by atoms with Gasteiger partial charge in [-0.15, -0.1) is 0 Å². The van der Waals surface area contributed by atoms with Crippen LogP contribution < -0.4 is 9.47 Å². The van der Waals surface area contributed by atoms with Crippen LogP contribution in [-0.4, -0.2) is 74.3 Å². The molecular weight excluding hydrogens is 388 g/mol. The zero-order chi connectivity index (χ0) is 20.8. The van der Waals surface area contributed by atoms with Gasteiger partial charge >= 0.3 is 11.9 Å². The number of hydrogen-bond donors (Lipinski definition) is 0. The SMILES string of the molecule is COC(=O)COc1ccc(/C=C2/C(=O)N(CC(=O)OC)C(=S)N2C)cc1OC. The number of esters is 2. The van der Waals surface area contributed by atoms with Gasteiger partial charge in [-0.1, -0.05) is 6.07 Å². The summed E-state index contributed by atoms with van der Waals surface area (Å²) in [4.78, 5) is 38.0. The lowest BCUT2D eigenvalue weighted by Gasteiger charge is -2.14. The van der Waals surface area contributed by atoms with E-state index in [1.807, 2.05) is 0 Å². The van der Waals surface area contributed by atoms with Gasteiger partial charge in [-0.25, -0.2) is 4.79 Å². The second-order valence-corrected chi connectivity index (χ2v) is 5.98. The van der Waals surface area contributed by atoms with Crippen molar-refractivity contribution in [3.8, 4) is 11.5 Å². The maximum atomic E-state index is 12.6. The first-order valence-electron chi connectivity index (χ1n) is 8.08. The predicted molar refractivity (Wildman–Crippen MR) is 103 cm³/mol. The number of likely N-dealkylation sites (N-methyl/N-ethyl adjacent to an activating group) is 1. The van der Waals surface area contributed by atoms with Gasteiger partial charge in [0, 0.05) is 7.05 Å². The number of nitrogens with zero attached hydrogens (tertiary/aromatic N) is 2. The van der Waals surface area contributed by atoms with Crippen LogP contribution in [0.25, 0.3) is 6.08 Å². The molecule has 1 aromatic carbocycles. The van der Waals surface area contributed by atoms with Crippen molar-refractivity contribution in [1.29, 1.82) is 0 Å². The van der Waals surface area contributed by atoms with Crippen molar-refractivity contribution < 1.29 is 33.3 Å². The van der Waals surface area contributed by atoms with Crippen molar-refractivity contribution in [2.24, 2.45) is 0 Å². The normalized spacial score (nSPS) is 15.1. The molecule has 1 aromatic rings. The molecule has 9 nitrogen and oxygen atoms in total. The molecule has 0 spiro atoms. The lowest BCUT2D eigenvalue weighted by molar-refractivity contribution is -0.143. The summed E-state index contributed by atoms with van der Waals surface area (Å²) in [7, 11) is 5.59. The number of ether oxygens (including phenoxy) is 4. The van der Waals surface area contributed by atoms with Gasteiger partial charge in [0.25, 0.3) is 5.91 Å². The quantitative estimate of drug-likeness (QED) is 0.369. The molecule has 0 bridgehead atoms. The summed E-state index contributed by atoms with van der Waals surface area (Å²) in [5.74, 6) is -0.781. The molecule has 150 valence electrons. The first kappa shape index (κ1) is 21.2. The van der Waals surface area contributed by atoms with E-state index in [1.165, 1.54) is 26.2 Å². The van der Waals surface area contributed by atoms with Crippen LogP contribution in [-0.2, 0) is 23.9 Å².